The van der Waals surface area contributed by atoms with Crippen molar-refractivity contribution in [3.8, 4) is 0 Å². The van der Waals surface area contributed by atoms with Gasteiger partial charge in [-0.25, -0.2) is 0 Å². The minimum absolute atomic E-state index is 0. The molecule has 0 aromatic heterocycles. The summed E-state index contributed by atoms with van der Waals surface area (Å²) >= 11 is 0. The molecule has 0 atom stereocenters. The third-order valence-electron chi connectivity index (χ3n) is 0. The Morgan fingerprint density at radius 1 is 0.0667 bits per heavy atom. The molecule has 0 aromatic rings. The van der Waals surface area contributed by atoms with Gasteiger partial charge in [0.25, 0.3) is 0 Å². The minimum atomic E-state index is 0. The van der Waals surface area contributed by atoms with E-state index < -0.39 is 0 Å². The second-order valence-corrected chi connectivity index (χ2v) is 0. The molecule has 0 aromatic carbocycles. The van der Waals surface area contributed by atoms with E-state index in [4.69, 9.17) is 0 Å². The molecule has 0 amide bonds. The quantitative estimate of drug-likeness (QED) is 0.212. The van der Waals surface area contributed by atoms with Crippen LogP contribution in [-0.4, -0.2) is 300 Å². The summed E-state index contributed by atoms with van der Waals surface area (Å²) in [4.78, 5) is 0. The van der Waals surface area contributed by atoms with E-state index in [2.05, 4.69) is 0 Å². The van der Waals surface area contributed by atoms with E-state index in [1.54, 1.807) is 0 Å². The second-order valence-electron chi connectivity index (χ2n) is 0. The van der Waals surface area contributed by atoms with Crippen LogP contribution in [0.2, 0.25) is 0 Å². The van der Waals surface area contributed by atoms with Crippen molar-refractivity contribution in [2.24, 2.45) is 0 Å². The van der Waals surface area contributed by atoms with Gasteiger partial charge in [0.15, 0.2) is 0 Å². The average Bonchev–Trinajstić information content (AvgIpc) is 0. The third-order valence-corrected chi connectivity index (χ3v) is 0. The summed E-state index contributed by atoms with van der Waals surface area (Å²) in [6.45, 7) is 0. The molecule has 0 unspecified atom stereocenters. The zero-order valence-corrected chi connectivity index (χ0v) is 44.2. The van der Waals surface area contributed by atoms with E-state index in [0.29, 0.717) is 0 Å². The molecule has 45 heteroatoms. The number of hydrogen-bond donors (Lipinski definition) is 0. The van der Waals surface area contributed by atoms with Crippen LogP contribution in [0.3, 0.4) is 0 Å². The van der Waals surface area contributed by atoms with Crippen molar-refractivity contribution < 1.29 is 537 Å². The van der Waals surface area contributed by atoms with Gasteiger partial charge in [0.1, 0.15) is 0 Å². The van der Waals surface area contributed by atoms with Crippen LogP contribution in [0.5, 0.6) is 0 Å². The van der Waals surface area contributed by atoms with Gasteiger partial charge in [-0.15, -0.1) is 0 Å². The van der Waals surface area contributed by atoms with Crippen LogP contribution >= 0.6 is 0 Å². The van der Waals surface area contributed by atoms with E-state index >= 15 is 0 Å². The monoisotopic (exact) mass is 2160 g/mol. The van der Waals surface area contributed by atoms with E-state index in [9.17, 15) is 0 Å². The molecule has 340 valence electrons. The normalized spacial score (nSPS) is 0. The maximum Gasteiger partial charge on any atom is 0.316 e. The topological polar surface area (TPSA) is 0 Å². The first-order valence-electron chi connectivity index (χ1n) is 0. The summed E-state index contributed by atoms with van der Waals surface area (Å²) in [7, 11) is 0. The molecule has 0 rings (SSSR count). The molecule has 0 bridgehead atoms. The van der Waals surface area contributed by atoms with Crippen molar-refractivity contribution in [2.45, 2.75) is 0 Å². The molecule has 45 heavy (non-hydrogen) atoms. The summed E-state index contributed by atoms with van der Waals surface area (Å²) in [5.41, 5.74) is 0. The van der Waals surface area contributed by atoms with Crippen molar-refractivity contribution >= 4 is 300 Å². The molecule has 0 heterocycles. The molecule has 0 aliphatic carbocycles. The van der Waals surface area contributed by atoms with Crippen LogP contribution in [0.1, 0.15) is 0 Å². The first-order valence-corrected chi connectivity index (χ1v) is 0. The van der Waals surface area contributed by atoms with Crippen LogP contribution in [0.25, 0.3) is 0 Å². The van der Waals surface area contributed by atoms with Gasteiger partial charge < -0.3 is 0 Å². The Balaban J connectivity index is 0. The van der Waals surface area contributed by atoms with Crippen molar-refractivity contribution in [3.05, 3.63) is 0 Å². The van der Waals surface area contributed by atoms with E-state index in [1.807, 2.05) is 0 Å². The van der Waals surface area contributed by atoms with Crippen LogP contribution < -0.4 is 0 Å². The smallest absolute Gasteiger partial charge is 0 e. The first-order chi connectivity index (χ1) is 0. The van der Waals surface area contributed by atoms with Crippen LogP contribution in [0.15, 0.2) is 0 Å². The maximum atomic E-state index is 0. The van der Waals surface area contributed by atoms with Gasteiger partial charge in [-0.05, 0) is 0 Å². The second kappa shape index (κ2) is 490. The molecule has 0 radical (unpaired) electrons. The summed E-state index contributed by atoms with van der Waals surface area (Å²) in [6, 6.07) is 0. The van der Waals surface area contributed by atoms with Crippen LogP contribution in [0, 0.1) is 0 Å². The van der Waals surface area contributed by atoms with Gasteiger partial charge in [-0.3, -0.25) is 0 Å². The Morgan fingerprint density at radius 3 is 0.0667 bits per heavy atom. The third kappa shape index (κ3) is 476. The Hall–Kier alpha value is 26.2. The summed E-state index contributed by atoms with van der Waals surface area (Å²) in [6.07, 6.45) is 0. The van der Waals surface area contributed by atoms with Gasteiger partial charge in [0.05, 0.1) is 0 Å². The molecule has 0 aliphatic rings. The Morgan fingerprint density at radius 2 is 0.0667 bits per heavy atom. The minimum Gasteiger partial charge on any atom is 0 e. The summed E-state index contributed by atoms with van der Waals surface area (Å²) in [5, 5.41) is 0. The Kier molecular flexibility index (Phi) is 5570. The predicted octanol–water partition coefficient (Wildman–Crippen LogP) is -12.0. The average molecular weight is 2170 g/mol. The van der Waals surface area contributed by atoms with Crippen molar-refractivity contribution in [2.75, 3.05) is 0 Å². The molecule has 0 nitrogen and oxygen atoms in total. The Labute approximate surface area is 813 Å². The van der Waals surface area contributed by atoms with Gasteiger partial charge >= 0.3 is 300 Å². The summed E-state index contributed by atoms with van der Waals surface area (Å²) < 4.78 is 0. The fourth-order valence-electron chi connectivity index (χ4n) is 0. The fourth-order valence-corrected chi connectivity index (χ4v) is 0. The van der Waals surface area contributed by atoms with Crippen molar-refractivity contribution in [3.63, 3.8) is 0 Å². The molecule has 0 spiro atoms. The van der Waals surface area contributed by atoms with Crippen LogP contribution in [0.4, 0.5) is 0 Å². The molecule has 0 saturated carbocycles. The first kappa shape index (κ1) is 512. The molecule has 0 saturated heterocycles. The molecule has 0 N–H and O–H groups in total. The number of rotatable bonds is 0. The van der Waals surface area contributed by atoms with Gasteiger partial charge in [-0.2, -0.15) is 0 Å². The predicted molar refractivity (Wildman–Crippen MR) is 111 cm³/mol. The van der Waals surface area contributed by atoms with Crippen molar-refractivity contribution in [1.82, 2.24) is 0 Å². The summed E-state index contributed by atoms with van der Waals surface area (Å²) in [5.74, 6) is 0. The molecule has 0 fully saturated rings. The zero-order valence-electron chi connectivity index (χ0n) is 10.7. The van der Waals surface area contributed by atoms with Gasteiger partial charge in [-0.1, -0.05) is 0 Å². The van der Waals surface area contributed by atoms with Gasteiger partial charge in [0.2, 0.25) is 0 Å². The molecule has 0 aliphatic heterocycles. The zero-order chi connectivity index (χ0) is 0. The van der Waals surface area contributed by atoms with Crippen LogP contribution in [-0.2, 0) is 537 Å². The molecular weight excluding hydrogens is 2150 g/mol. The SMILES string of the molecule is [Fe].[Fe].[Fe].[Fe].[Fe].[Fe].[Fe].[Fe].[Fe].[Fe].[Fe].[Fe].[Fe].[Fe].[Fe].[Fe].[MgH2].[MgH2].[MgH2].[MgH2].[MgH2].[MgH2].[MgH2].[MgH2].[MgH2].[MgH2].[MgH2].[MgH2].[MgH2].[Ni].[Ni].[Ni].[Ni].[Ni].[Ni].[Ni].[Ni].[Ni].[Ni].[Ni].[Ni].[Ni].[Ni].[Ni].[Ni]. The number of hydrogen-bond acceptors (Lipinski definition) is 0. The molecular formula is H26Fe16Mg13Ni16. The van der Waals surface area contributed by atoms with E-state index in [1.165, 1.54) is 0 Å². The largest absolute Gasteiger partial charge is 0.316 e. The van der Waals surface area contributed by atoms with E-state index in [0.717, 1.165) is 0 Å². The van der Waals surface area contributed by atoms with E-state index in [-0.39, 0.29) is 837 Å². The fraction of sp³-hybridized carbons (Fsp3) is 0. The van der Waals surface area contributed by atoms with Crippen molar-refractivity contribution in [1.29, 1.82) is 0 Å². The standard InChI is InChI=1S/16Fe.13Mg.16Ni.26H. The Bertz CT molecular complexity index is 71.0. The maximum absolute atomic E-state index is 0. The van der Waals surface area contributed by atoms with Gasteiger partial charge in [0, 0.05) is 537 Å².